The molecule has 0 bridgehead atoms. The molecule has 92 valence electrons. The van der Waals surface area contributed by atoms with E-state index in [-0.39, 0.29) is 0 Å². The second-order valence-corrected chi connectivity index (χ2v) is 2.51. The standard InChI is InChI=1S/C5H3F9O/c6-2(7,1-15)3(8,9)4(10,11)5(12,13)14/h15H,1H2. The van der Waals surface area contributed by atoms with Crippen molar-refractivity contribution in [3.05, 3.63) is 0 Å². The van der Waals surface area contributed by atoms with Crippen LogP contribution in [0.15, 0.2) is 0 Å². The summed E-state index contributed by atoms with van der Waals surface area (Å²) in [6, 6.07) is 0. The molecule has 0 radical (unpaired) electrons. The van der Waals surface area contributed by atoms with Crippen LogP contribution < -0.4 is 0 Å². The zero-order chi connectivity index (χ0) is 12.7. The van der Waals surface area contributed by atoms with Crippen LogP contribution in [0.2, 0.25) is 0 Å². The minimum atomic E-state index is -6.92. The Bertz CT molecular complexity index is 229. The summed E-state index contributed by atoms with van der Waals surface area (Å²) in [6.45, 7) is -2.83. The molecule has 0 heterocycles. The molecule has 0 aliphatic heterocycles. The first-order valence-electron chi connectivity index (χ1n) is 3.12. The first-order valence-corrected chi connectivity index (χ1v) is 3.12. The molecule has 0 fully saturated rings. The van der Waals surface area contributed by atoms with Gasteiger partial charge in [0.2, 0.25) is 0 Å². The van der Waals surface area contributed by atoms with Crippen molar-refractivity contribution < 1.29 is 44.6 Å². The molecule has 0 saturated heterocycles. The normalized spacial score (nSPS) is 15.6. The van der Waals surface area contributed by atoms with Gasteiger partial charge in [-0.15, -0.1) is 0 Å². The molecule has 0 rings (SSSR count). The molecule has 10 heteroatoms. The van der Waals surface area contributed by atoms with Crippen molar-refractivity contribution in [2.75, 3.05) is 6.61 Å². The predicted octanol–water partition coefficient (Wildman–Crippen LogP) is 2.45. The highest BCUT2D eigenvalue weighted by molar-refractivity contribution is 4.99. The summed E-state index contributed by atoms with van der Waals surface area (Å²) in [5.74, 6) is -19.5. The Morgan fingerprint density at radius 1 is 0.667 bits per heavy atom. The lowest BCUT2D eigenvalue weighted by Crippen LogP contribution is -2.62. The van der Waals surface area contributed by atoms with Crippen molar-refractivity contribution in [3.8, 4) is 0 Å². The van der Waals surface area contributed by atoms with Gasteiger partial charge in [-0.1, -0.05) is 0 Å². The van der Waals surface area contributed by atoms with Gasteiger partial charge >= 0.3 is 23.9 Å². The Labute approximate surface area is 76.5 Å². The average Bonchev–Trinajstić information content (AvgIpc) is 2.01. The molecule has 1 N–H and O–H groups in total. The molecule has 0 aliphatic carbocycles. The molecular formula is C5H3F9O. The second kappa shape index (κ2) is 3.42. The van der Waals surface area contributed by atoms with Crippen LogP contribution in [0, 0.1) is 0 Å². The van der Waals surface area contributed by atoms with E-state index in [1.54, 1.807) is 0 Å². The number of aliphatic hydroxyl groups is 1. The Kier molecular flexibility index (Phi) is 3.27. The smallest absolute Gasteiger partial charge is 0.390 e. The Morgan fingerprint density at radius 3 is 1.20 bits per heavy atom. The van der Waals surface area contributed by atoms with Crippen molar-refractivity contribution in [2.24, 2.45) is 0 Å². The second-order valence-electron chi connectivity index (χ2n) is 2.51. The summed E-state index contributed by atoms with van der Waals surface area (Å²) >= 11 is 0. The molecule has 0 amide bonds. The van der Waals surface area contributed by atoms with E-state index in [2.05, 4.69) is 0 Å². The molecule has 15 heavy (non-hydrogen) atoms. The van der Waals surface area contributed by atoms with Crippen LogP contribution in [0.3, 0.4) is 0 Å². The van der Waals surface area contributed by atoms with E-state index < -0.39 is 30.6 Å². The molecule has 0 aromatic heterocycles. The van der Waals surface area contributed by atoms with Crippen LogP contribution in [0.5, 0.6) is 0 Å². The van der Waals surface area contributed by atoms with Crippen LogP contribution in [0.1, 0.15) is 0 Å². The predicted molar refractivity (Wildman–Crippen MR) is 28.0 cm³/mol. The summed E-state index contributed by atoms with van der Waals surface area (Å²) < 4.78 is 106. The minimum Gasteiger partial charge on any atom is -0.390 e. The van der Waals surface area contributed by atoms with Crippen molar-refractivity contribution in [1.82, 2.24) is 0 Å². The van der Waals surface area contributed by atoms with Gasteiger partial charge in [0.1, 0.15) is 6.61 Å². The summed E-state index contributed by atoms with van der Waals surface area (Å²) in [6.07, 6.45) is -6.84. The fraction of sp³-hybridized carbons (Fsp3) is 1.00. The lowest BCUT2D eigenvalue weighted by atomic mass is 10.1. The SMILES string of the molecule is OCC(F)(F)C(F)(F)C(F)(F)C(F)(F)F. The van der Waals surface area contributed by atoms with E-state index >= 15 is 0 Å². The monoisotopic (exact) mass is 250 g/mol. The number of alkyl halides is 9. The van der Waals surface area contributed by atoms with Crippen molar-refractivity contribution in [3.63, 3.8) is 0 Å². The quantitative estimate of drug-likeness (QED) is 0.763. The van der Waals surface area contributed by atoms with E-state index in [4.69, 9.17) is 5.11 Å². The molecule has 0 unspecified atom stereocenters. The number of halogens is 9. The maximum Gasteiger partial charge on any atom is 0.460 e. The number of rotatable bonds is 3. The fourth-order valence-corrected chi connectivity index (χ4v) is 0.507. The van der Waals surface area contributed by atoms with E-state index in [9.17, 15) is 39.5 Å². The number of hydrogen-bond acceptors (Lipinski definition) is 1. The fourth-order valence-electron chi connectivity index (χ4n) is 0.507. The van der Waals surface area contributed by atoms with Crippen LogP contribution in [-0.2, 0) is 0 Å². The number of aliphatic hydroxyl groups excluding tert-OH is 1. The molecule has 0 saturated carbocycles. The summed E-state index contributed by atoms with van der Waals surface area (Å²) in [5, 5.41) is 7.63. The van der Waals surface area contributed by atoms with Gasteiger partial charge in [-0.25, -0.2) is 0 Å². The molecule has 0 aromatic carbocycles. The Morgan fingerprint density at radius 2 is 1.00 bits per heavy atom. The van der Waals surface area contributed by atoms with E-state index in [0.717, 1.165) is 0 Å². The van der Waals surface area contributed by atoms with Crippen LogP contribution >= 0.6 is 0 Å². The van der Waals surface area contributed by atoms with Gasteiger partial charge in [-0.3, -0.25) is 0 Å². The third kappa shape index (κ3) is 1.99. The molecular weight excluding hydrogens is 247 g/mol. The van der Waals surface area contributed by atoms with E-state index in [0.29, 0.717) is 0 Å². The van der Waals surface area contributed by atoms with Crippen molar-refractivity contribution in [2.45, 2.75) is 23.9 Å². The Balaban J connectivity index is 5.38. The summed E-state index contributed by atoms with van der Waals surface area (Å²) in [7, 11) is 0. The Hall–Kier alpha value is -0.670. The van der Waals surface area contributed by atoms with Gasteiger partial charge in [-0.05, 0) is 0 Å². The average molecular weight is 250 g/mol. The van der Waals surface area contributed by atoms with Crippen molar-refractivity contribution in [1.29, 1.82) is 0 Å². The third-order valence-corrected chi connectivity index (χ3v) is 1.41. The van der Waals surface area contributed by atoms with Crippen LogP contribution in [0.25, 0.3) is 0 Å². The highest BCUT2D eigenvalue weighted by atomic mass is 19.4. The van der Waals surface area contributed by atoms with Gasteiger partial charge in [0.25, 0.3) is 0 Å². The zero-order valence-corrected chi connectivity index (χ0v) is 6.56. The van der Waals surface area contributed by atoms with Gasteiger partial charge < -0.3 is 5.11 Å². The summed E-state index contributed by atoms with van der Waals surface area (Å²) in [4.78, 5) is 0. The lowest BCUT2D eigenvalue weighted by Gasteiger charge is -2.32. The van der Waals surface area contributed by atoms with Crippen LogP contribution in [0.4, 0.5) is 39.5 Å². The van der Waals surface area contributed by atoms with Gasteiger partial charge in [0.15, 0.2) is 0 Å². The van der Waals surface area contributed by atoms with Gasteiger partial charge in [0, 0.05) is 0 Å². The van der Waals surface area contributed by atoms with Gasteiger partial charge in [0.05, 0.1) is 0 Å². The van der Waals surface area contributed by atoms with Gasteiger partial charge in [-0.2, -0.15) is 39.5 Å². The first-order chi connectivity index (χ1) is 6.31. The maximum absolute atomic E-state index is 12.1. The van der Waals surface area contributed by atoms with E-state index in [1.165, 1.54) is 0 Å². The van der Waals surface area contributed by atoms with Crippen LogP contribution in [-0.4, -0.2) is 35.7 Å². The summed E-state index contributed by atoms with van der Waals surface area (Å²) in [5.41, 5.74) is 0. The molecule has 1 nitrogen and oxygen atoms in total. The minimum absolute atomic E-state index is 2.83. The topological polar surface area (TPSA) is 20.2 Å². The largest absolute Gasteiger partial charge is 0.460 e. The third-order valence-electron chi connectivity index (χ3n) is 1.41. The molecule has 0 aliphatic rings. The molecule has 0 spiro atoms. The van der Waals surface area contributed by atoms with Crippen molar-refractivity contribution >= 4 is 0 Å². The molecule has 0 aromatic rings. The highest BCUT2D eigenvalue weighted by Crippen LogP contribution is 2.52. The first kappa shape index (κ1) is 14.3. The zero-order valence-electron chi connectivity index (χ0n) is 6.56. The molecule has 0 atom stereocenters. The highest BCUT2D eigenvalue weighted by Gasteiger charge is 2.81. The van der Waals surface area contributed by atoms with E-state index in [1.807, 2.05) is 0 Å². The lowest BCUT2D eigenvalue weighted by molar-refractivity contribution is -0.398. The maximum atomic E-state index is 12.1. The number of hydrogen-bond donors (Lipinski definition) is 1.